The number of rotatable bonds is 8. The van der Waals surface area contributed by atoms with Crippen molar-refractivity contribution < 1.29 is 22.3 Å². The van der Waals surface area contributed by atoms with Gasteiger partial charge in [-0.05, 0) is 87.4 Å². The lowest BCUT2D eigenvalue weighted by Crippen LogP contribution is -2.42. The Kier molecular flexibility index (Phi) is 8.19. The molecular weight excluding hydrogens is 526 g/mol. The number of carbonyl (C=O) groups is 1. The number of halogens is 3. The molecule has 1 amide bonds. The summed E-state index contributed by atoms with van der Waals surface area (Å²) in [5.41, 5.74) is 1.51. The van der Waals surface area contributed by atoms with Gasteiger partial charge in [0.25, 0.3) is 5.91 Å². The van der Waals surface area contributed by atoms with Crippen molar-refractivity contribution in [2.75, 3.05) is 19.3 Å². The molecule has 2 aromatic rings. The fraction of sp³-hybridized carbons (Fsp3) is 0.500. The summed E-state index contributed by atoms with van der Waals surface area (Å²) in [4.78, 5) is 14.7. The van der Waals surface area contributed by atoms with E-state index in [1.807, 2.05) is 23.8 Å². The number of amides is 1. The fourth-order valence-electron chi connectivity index (χ4n) is 4.88. The van der Waals surface area contributed by atoms with Crippen LogP contribution in [0.5, 0.6) is 5.75 Å². The first-order chi connectivity index (χ1) is 16.9. The molecule has 196 valence electrons. The van der Waals surface area contributed by atoms with E-state index in [4.69, 9.17) is 27.9 Å². The van der Waals surface area contributed by atoms with Crippen LogP contribution in [0.4, 0.5) is 4.39 Å². The summed E-state index contributed by atoms with van der Waals surface area (Å²) in [5.74, 6) is -0.966. The minimum Gasteiger partial charge on any atom is -0.490 e. The highest BCUT2D eigenvalue weighted by Gasteiger charge is 2.33. The van der Waals surface area contributed by atoms with Gasteiger partial charge in [0.15, 0.2) is 0 Å². The van der Waals surface area contributed by atoms with Crippen molar-refractivity contribution in [3.63, 3.8) is 0 Å². The van der Waals surface area contributed by atoms with E-state index in [0.29, 0.717) is 15.8 Å². The van der Waals surface area contributed by atoms with E-state index in [-0.39, 0.29) is 29.5 Å². The second kappa shape index (κ2) is 10.9. The van der Waals surface area contributed by atoms with Crippen LogP contribution in [0.1, 0.15) is 73.0 Å². The average molecular weight is 558 g/mol. The molecule has 2 aromatic carbocycles. The molecule has 3 atom stereocenters. The third-order valence-electron chi connectivity index (χ3n) is 7.02. The Labute approximate surface area is 222 Å². The van der Waals surface area contributed by atoms with Crippen LogP contribution in [0.25, 0.3) is 0 Å². The van der Waals surface area contributed by atoms with Crippen LogP contribution < -0.4 is 9.46 Å². The maximum absolute atomic E-state index is 14.9. The Morgan fingerprint density at radius 2 is 1.78 bits per heavy atom. The lowest BCUT2D eigenvalue weighted by atomic mass is 9.91. The zero-order valence-corrected chi connectivity index (χ0v) is 22.9. The van der Waals surface area contributed by atoms with Crippen LogP contribution in [0, 0.1) is 11.7 Å². The predicted octanol–water partition coefficient (Wildman–Crippen LogP) is 5.94. The quantitative estimate of drug-likeness (QED) is 0.435. The van der Waals surface area contributed by atoms with Gasteiger partial charge in [0, 0.05) is 34.6 Å². The van der Waals surface area contributed by atoms with Gasteiger partial charge >= 0.3 is 0 Å². The average Bonchev–Trinajstić information content (AvgIpc) is 3.62. The second-order valence-corrected chi connectivity index (χ2v) is 12.6. The van der Waals surface area contributed by atoms with E-state index in [0.717, 1.165) is 56.2 Å². The number of nitrogens with one attached hydrogen (secondary N) is 1. The maximum atomic E-state index is 14.9. The molecule has 6 nitrogen and oxygen atoms in total. The summed E-state index contributed by atoms with van der Waals surface area (Å²) in [6, 6.07) is 8.39. The number of hydrogen-bond acceptors (Lipinski definition) is 5. The lowest BCUT2D eigenvalue weighted by Gasteiger charge is -2.39. The van der Waals surface area contributed by atoms with Crippen LogP contribution in [-0.2, 0) is 10.0 Å². The van der Waals surface area contributed by atoms with Gasteiger partial charge in [0.05, 0.1) is 17.9 Å². The topological polar surface area (TPSA) is 75.7 Å². The summed E-state index contributed by atoms with van der Waals surface area (Å²) < 4.78 is 45.9. The van der Waals surface area contributed by atoms with Crippen molar-refractivity contribution in [3.05, 3.63) is 62.9 Å². The van der Waals surface area contributed by atoms with Crippen LogP contribution in [0.2, 0.25) is 10.0 Å². The smallest absolute Gasteiger partial charge is 0.267 e. The van der Waals surface area contributed by atoms with Crippen molar-refractivity contribution in [1.29, 1.82) is 0 Å². The van der Waals surface area contributed by atoms with Gasteiger partial charge in [-0.3, -0.25) is 9.69 Å². The number of carbonyl (C=O) groups excluding carboxylic acids is 1. The SMILES string of the molecule is CC(Oc1cc(F)c(C(=O)NS(C)(=O)=O)cc1C1CC1)[C@H]1CCCN([C@H](C)c2cc(Cl)cc(Cl)c2)C1. The molecule has 1 aliphatic heterocycles. The first kappa shape index (κ1) is 27.2. The van der Waals surface area contributed by atoms with Gasteiger partial charge < -0.3 is 4.74 Å². The van der Waals surface area contributed by atoms with Crippen LogP contribution in [0.3, 0.4) is 0 Å². The van der Waals surface area contributed by atoms with Gasteiger partial charge in [-0.15, -0.1) is 0 Å². The predicted molar refractivity (Wildman–Crippen MR) is 140 cm³/mol. The maximum Gasteiger partial charge on any atom is 0.267 e. The molecule has 0 bridgehead atoms. The Balaban J connectivity index is 1.50. The molecule has 0 radical (unpaired) electrons. The number of piperidine rings is 1. The first-order valence-corrected chi connectivity index (χ1v) is 14.8. The minimum atomic E-state index is -3.80. The zero-order valence-electron chi connectivity index (χ0n) is 20.6. The molecule has 1 heterocycles. The Bertz CT molecular complexity index is 1230. The number of ether oxygens (including phenoxy) is 1. The van der Waals surface area contributed by atoms with E-state index < -0.39 is 21.7 Å². The Hall–Kier alpha value is -1.87. The van der Waals surface area contributed by atoms with Gasteiger partial charge in [0.1, 0.15) is 11.6 Å². The highest BCUT2D eigenvalue weighted by Crippen LogP contribution is 2.46. The summed E-state index contributed by atoms with van der Waals surface area (Å²) in [5, 5.41) is 1.22. The largest absolute Gasteiger partial charge is 0.490 e. The van der Waals surface area contributed by atoms with E-state index >= 15 is 0 Å². The van der Waals surface area contributed by atoms with Gasteiger partial charge in [-0.1, -0.05) is 23.2 Å². The number of benzene rings is 2. The standard InChI is InChI=1S/C26H31Cl2FN2O4S/c1-15(19-9-20(27)11-21(28)10-19)31-8-4-5-18(14-31)16(2)35-25-13-24(29)23(12-22(25)17-6-7-17)26(32)30-36(3,33)34/h9-13,15-18H,4-8,14H2,1-3H3,(H,30,32)/t15-,16?,18+/m1/s1. The normalized spacial score (nSPS) is 20.6. The molecule has 1 unspecified atom stereocenters. The number of hydrogen-bond donors (Lipinski definition) is 1. The molecular formula is C26H31Cl2FN2O4S. The molecule has 1 saturated heterocycles. The monoisotopic (exact) mass is 556 g/mol. The van der Waals surface area contributed by atoms with E-state index in [9.17, 15) is 17.6 Å². The third-order valence-corrected chi connectivity index (χ3v) is 8.01. The molecule has 10 heteroatoms. The van der Waals surface area contributed by atoms with Gasteiger partial charge in [0.2, 0.25) is 10.0 Å². The molecule has 1 N–H and O–H groups in total. The molecule has 36 heavy (non-hydrogen) atoms. The molecule has 0 aromatic heterocycles. The highest BCUT2D eigenvalue weighted by atomic mass is 35.5. The number of likely N-dealkylation sites (tertiary alicyclic amines) is 1. The second-order valence-electron chi connectivity index (χ2n) is 9.95. The first-order valence-electron chi connectivity index (χ1n) is 12.1. The fourth-order valence-corrected chi connectivity index (χ4v) is 5.87. The van der Waals surface area contributed by atoms with Gasteiger partial charge in [-0.2, -0.15) is 0 Å². The van der Waals surface area contributed by atoms with Gasteiger partial charge in [-0.25, -0.2) is 17.5 Å². The van der Waals surface area contributed by atoms with Crippen molar-refractivity contribution in [3.8, 4) is 5.75 Å². The van der Waals surface area contributed by atoms with E-state index in [1.165, 1.54) is 12.1 Å². The molecule has 0 spiro atoms. The lowest BCUT2D eigenvalue weighted by molar-refractivity contribution is 0.0593. The molecule has 2 aliphatic rings. The minimum absolute atomic E-state index is 0.128. The Morgan fingerprint density at radius 3 is 2.39 bits per heavy atom. The van der Waals surface area contributed by atoms with Crippen molar-refractivity contribution in [2.45, 2.75) is 57.6 Å². The van der Waals surface area contributed by atoms with E-state index in [1.54, 1.807) is 6.07 Å². The highest BCUT2D eigenvalue weighted by molar-refractivity contribution is 7.89. The van der Waals surface area contributed by atoms with Crippen LogP contribution >= 0.6 is 23.2 Å². The summed E-state index contributed by atoms with van der Waals surface area (Å²) >= 11 is 12.4. The van der Waals surface area contributed by atoms with Crippen LogP contribution in [0.15, 0.2) is 30.3 Å². The van der Waals surface area contributed by atoms with Crippen LogP contribution in [-0.4, -0.2) is 44.7 Å². The number of nitrogens with zero attached hydrogens (tertiary/aromatic N) is 1. The van der Waals surface area contributed by atoms with Crippen molar-refractivity contribution in [2.24, 2.45) is 5.92 Å². The molecule has 4 rings (SSSR count). The molecule has 2 fully saturated rings. The third kappa shape index (κ3) is 6.71. The van der Waals surface area contributed by atoms with Crippen molar-refractivity contribution in [1.82, 2.24) is 9.62 Å². The van der Waals surface area contributed by atoms with Crippen molar-refractivity contribution >= 4 is 39.1 Å². The number of sulfonamides is 1. The Morgan fingerprint density at radius 1 is 1.11 bits per heavy atom. The zero-order chi connectivity index (χ0) is 26.2. The summed E-state index contributed by atoms with van der Waals surface area (Å²) in [7, 11) is -3.80. The molecule has 1 saturated carbocycles. The summed E-state index contributed by atoms with van der Waals surface area (Å²) in [6.07, 6.45) is 4.50. The molecule has 1 aliphatic carbocycles. The summed E-state index contributed by atoms with van der Waals surface area (Å²) in [6.45, 7) is 5.88. The van der Waals surface area contributed by atoms with E-state index in [2.05, 4.69) is 11.8 Å².